The molecule has 2 rings (SSSR count). The Hall–Kier alpha value is -1.02. The third-order valence-corrected chi connectivity index (χ3v) is 3.19. The van der Waals surface area contributed by atoms with E-state index in [0.29, 0.717) is 0 Å². The monoisotopic (exact) mass is 269 g/mol. The van der Waals surface area contributed by atoms with Gasteiger partial charge in [0.05, 0.1) is 19.3 Å². The van der Waals surface area contributed by atoms with Crippen LogP contribution in [-0.2, 0) is 16.1 Å². The molecule has 1 saturated heterocycles. The maximum atomic E-state index is 9.77. The minimum absolute atomic E-state index is 0.278. The summed E-state index contributed by atoms with van der Waals surface area (Å²) < 4.78 is 10.8. The molecular formula is C13H19NO5. The predicted molar refractivity (Wildman–Crippen MR) is 67.0 cm³/mol. The normalized spacial score (nSPS) is 35.3. The molecule has 0 amide bonds. The van der Waals surface area contributed by atoms with Crippen LogP contribution < -0.4 is 5.73 Å². The van der Waals surface area contributed by atoms with Gasteiger partial charge in [0.1, 0.15) is 18.3 Å². The number of hydrogen-bond donors (Lipinski definition) is 4. The highest BCUT2D eigenvalue weighted by Gasteiger charge is 2.42. The van der Waals surface area contributed by atoms with E-state index in [-0.39, 0.29) is 6.61 Å². The number of aliphatic hydroxyl groups excluding tert-OH is 3. The van der Waals surface area contributed by atoms with E-state index >= 15 is 0 Å². The Morgan fingerprint density at radius 2 is 1.84 bits per heavy atom. The van der Waals surface area contributed by atoms with Crippen LogP contribution in [0.3, 0.4) is 0 Å². The van der Waals surface area contributed by atoms with Crippen molar-refractivity contribution in [3.63, 3.8) is 0 Å². The van der Waals surface area contributed by atoms with Crippen LogP contribution in [0.2, 0.25) is 0 Å². The summed E-state index contributed by atoms with van der Waals surface area (Å²) in [5.41, 5.74) is 6.70. The molecule has 1 aliphatic heterocycles. The van der Waals surface area contributed by atoms with Crippen molar-refractivity contribution in [1.82, 2.24) is 0 Å². The summed E-state index contributed by atoms with van der Waals surface area (Å²) in [5, 5.41) is 28.5. The molecule has 5 atom stereocenters. The number of benzene rings is 1. The Kier molecular flexibility index (Phi) is 4.87. The Labute approximate surface area is 111 Å². The third-order valence-electron chi connectivity index (χ3n) is 3.19. The number of rotatable bonds is 4. The molecule has 0 aromatic heterocycles. The summed E-state index contributed by atoms with van der Waals surface area (Å²) in [4.78, 5) is 0. The molecule has 19 heavy (non-hydrogen) atoms. The molecule has 5 N–H and O–H groups in total. The van der Waals surface area contributed by atoms with E-state index < -0.39 is 37.3 Å². The molecule has 106 valence electrons. The average molecular weight is 269 g/mol. The topological polar surface area (TPSA) is 105 Å². The van der Waals surface area contributed by atoms with Crippen molar-refractivity contribution in [2.75, 3.05) is 6.61 Å². The Balaban J connectivity index is 1.95. The van der Waals surface area contributed by atoms with Crippen molar-refractivity contribution < 1.29 is 24.8 Å². The van der Waals surface area contributed by atoms with Gasteiger partial charge in [0, 0.05) is 0 Å². The van der Waals surface area contributed by atoms with E-state index in [0.717, 1.165) is 5.56 Å². The smallest absolute Gasteiger partial charge is 0.176 e. The fourth-order valence-corrected chi connectivity index (χ4v) is 2.01. The van der Waals surface area contributed by atoms with Gasteiger partial charge < -0.3 is 30.5 Å². The summed E-state index contributed by atoms with van der Waals surface area (Å²) >= 11 is 0. The number of nitrogens with two attached hydrogens (primary N) is 1. The van der Waals surface area contributed by atoms with E-state index in [1.165, 1.54) is 0 Å². The molecule has 0 spiro atoms. The van der Waals surface area contributed by atoms with Crippen LogP contribution in [0.1, 0.15) is 5.56 Å². The first-order valence-corrected chi connectivity index (χ1v) is 6.17. The van der Waals surface area contributed by atoms with Crippen molar-refractivity contribution in [3.05, 3.63) is 35.9 Å². The summed E-state index contributed by atoms with van der Waals surface area (Å²) in [6.45, 7) is -0.129. The highest BCUT2D eigenvalue weighted by atomic mass is 16.7. The van der Waals surface area contributed by atoms with Gasteiger partial charge in [0.2, 0.25) is 0 Å². The largest absolute Gasteiger partial charge is 0.394 e. The van der Waals surface area contributed by atoms with Crippen LogP contribution in [0.15, 0.2) is 30.3 Å². The molecule has 0 saturated carbocycles. The van der Waals surface area contributed by atoms with Gasteiger partial charge in [-0.1, -0.05) is 30.3 Å². The number of aliphatic hydroxyl groups is 3. The van der Waals surface area contributed by atoms with Crippen LogP contribution in [0.25, 0.3) is 0 Å². The number of hydrogen-bond acceptors (Lipinski definition) is 6. The lowest BCUT2D eigenvalue weighted by Gasteiger charge is -2.40. The van der Waals surface area contributed by atoms with Gasteiger partial charge in [-0.3, -0.25) is 0 Å². The van der Waals surface area contributed by atoms with Gasteiger partial charge in [-0.05, 0) is 5.56 Å². The quantitative estimate of drug-likeness (QED) is 0.557. The van der Waals surface area contributed by atoms with Gasteiger partial charge >= 0.3 is 0 Å². The molecule has 4 unspecified atom stereocenters. The molecule has 1 fully saturated rings. The minimum atomic E-state index is -1.21. The SMILES string of the molecule is NC1C(O)C(O)C(CO)O[C@H]1OCc1ccccc1. The standard InChI is InChI=1S/C13H19NO5/c14-10-12(17)11(16)9(6-15)19-13(10)18-7-8-4-2-1-3-5-8/h1-5,9-13,15-17H,6-7,14H2/t9?,10?,11?,12?,13-/m1/s1. The van der Waals surface area contributed by atoms with E-state index in [2.05, 4.69) is 0 Å². The van der Waals surface area contributed by atoms with Crippen LogP contribution >= 0.6 is 0 Å². The van der Waals surface area contributed by atoms with Gasteiger partial charge in [-0.2, -0.15) is 0 Å². The molecule has 6 nitrogen and oxygen atoms in total. The zero-order chi connectivity index (χ0) is 13.8. The van der Waals surface area contributed by atoms with E-state index in [4.69, 9.17) is 20.3 Å². The molecule has 1 aliphatic rings. The minimum Gasteiger partial charge on any atom is -0.394 e. The molecule has 1 aromatic rings. The number of ether oxygens (including phenoxy) is 2. The first-order chi connectivity index (χ1) is 9.13. The van der Waals surface area contributed by atoms with Crippen LogP contribution in [0.4, 0.5) is 0 Å². The molecule has 6 heteroatoms. The second kappa shape index (κ2) is 6.42. The molecular weight excluding hydrogens is 250 g/mol. The second-order valence-corrected chi connectivity index (χ2v) is 4.58. The van der Waals surface area contributed by atoms with Crippen molar-refractivity contribution >= 4 is 0 Å². The first kappa shape index (κ1) is 14.4. The van der Waals surface area contributed by atoms with Crippen molar-refractivity contribution in [3.8, 4) is 0 Å². The lowest BCUT2D eigenvalue weighted by molar-refractivity contribution is -0.269. The van der Waals surface area contributed by atoms with E-state index in [1.54, 1.807) is 0 Å². The molecule has 0 radical (unpaired) electrons. The fourth-order valence-electron chi connectivity index (χ4n) is 2.01. The lowest BCUT2D eigenvalue weighted by Crippen LogP contribution is -2.62. The Morgan fingerprint density at radius 1 is 1.16 bits per heavy atom. The second-order valence-electron chi connectivity index (χ2n) is 4.58. The van der Waals surface area contributed by atoms with Crippen LogP contribution in [-0.4, -0.2) is 52.6 Å². The van der Waals surface area contributed by atoms with E-state index in [1.807, 2.05) is 30.3 Å². The first-order valence-electron chi connectivity index (χ1n) is 6.17. The zero-order valence-corrected chi connectivity index (χ0v) is 10.4. The van der Waals surface area contributed by atoms with E-state index in [9.17, 15) is 10.2 Å². The Bertz CT molecular complexity index is 386. The predicted octanol–water partition coefficient (Wildman–Crippen LogP) is -1.03. The van der Waals surface area contributed by atoms with Gasteiger partial charge in [0.15, 0.2) is 6.29 Å². The molecule has 0 aliphatic carbocycles. The highest BCUT2D eigenvalue weighted by molar-refractivity contribution is 5.13. The van der Waals surface area contributed by atoms with Gasteiger partial charge in [-0.25, -0.2) is 0 Å². The maximum absolute atomic E-state index is 9.77. The molecule has 1 heterocycles. The maximum Gasteiger partial charge on any atom is 0.176 e. The van der Waals surface area contributed by atoms with Crippen molar-refractivity contribution in [2.45, 2.75) is 37.3 Å². The Morgan fingerprint density at radius 3 is 2.47 bits per heavy atom. The lowest BCUT2D eigenvalue weighted by atomic mass is 9.98. The zero-order valence-electron chi connectivity index (χ0n) is 10.4. The van der Waals surface area contributed by atoms with Crippen LogP contribution in [0.5, 0.6) is 0 Å². The average Bonchev–Trinajstić information content (AvgIpc) is 2.45. The summed E-state index contributed by atoms with van der Waals surface area (Å²) in [5.74, 6) is 0. The van der Waals surface area contributed by atoms with Crippen molar-refractivity contribution in [2.24, 2.45) is 5.73 Å². The van der Waals surface area contributed by atoms with Gasteiger partial charge in [-0.15, -0.1) is 0 Å². The summed E-state index contributed by atoms with van der Waals surface area (Å²) in [7, 11) is 0. The summed E-state index contributed by atoms with van der Waals surface area (Å²) in [6, 6.07) is 8.59. The molecule has 1 aromatic carbocycles. The van der Waals surface area contributed by atoms with Crippen LogP contribution in [0, 0.1) is 0 Å². The fraction of sp³-hybridized carbons (Fsp3) is 0.538. The molecule has 0 bridgehead atoms. The van der Waals surface area contributed by atoms with Gasteiger partial charge in [0.25, 0.3) is 0 Å². The summed E-state index contributed by atoms with van der Waals surface area (Å²) in [6.07, 6.45) is -4.16. The highest BCUT2D eigenvalue weighted by Crippen LogP contribution is 2.21. The van der Waals surface area contributed by atoms with Crippen molar-refractivity contribution in [1.29, 1.82) is 0 Å². The third kappa shape index (κ3) is 3.30.